The molecule has 2 atom stereocenters. The second-order valence-corrected chi connectivity index (χ2v) is 5.44. The highest BCUT2D eigenvalue weighted by molar-refractivity contribution is 5.39. The molecule has 0 saturated heterocycles. The van der Waals surface area contributed by atoms with Gasteiger partial charge in [0.05, 0.1) is 6.26 Å². The van der Waals surface area contributed by atoms with Gasteiger partial charge in [-0.15, -0.1) is 0 Å². The van der Waals surface area contributed by atoms with E-state index in [1.54, 1.807) is 11.8 Å². The number of aryl methyl sites for hydroxylation is 1. The third-order valence-electron chi connectivity index (χ3n) is 4.26. The molecule has 0 fully saturated rings. The molecule has 1 aliphatic carbocycles. The number of nitrogens with one attached hydrogen (secondary N) is 1. The van der Waals surface area contributed by atoms with Crippen LogP contribution < -0.4 is 5.32 Å². The molecular formula is C17H21NO. The van der Waals surface area contributed by atoms with Crippen molar-refractivity contribution in [2.45, 2.75) is 37.6 Å². The first-order valence-corrected chi connectivity index (χ1v) is 7.14. The van der Waals surface area contributed by atoms with Gasteiger partial charge in [-0.05, 0) is 55.5 Å². The van der Waals surface area contributed by atoms with Crippen molar-refractivity contribution in [3.05, 3.63) is 59.5 Å². The summed E-state index contributed by atoms with van der Waals surface area (Å²) in [6, 6.07) is 13.4. The SMILES string of the molecule is CNC(CCc1ccco1)CC1Cc2ccccc21. The number of hydrogen-bond acceptors (Lipinski definition) is 2. The summed E-state index contributed by atoms with van der Waals surface area (Å²) in [5, 5.41) is 3.45. The highest BCUT2D eigenvalue weighted by Crippen LogP contribution is 2.38. The van der Waals surface area contributed by atoms with Gasteiger partial charge in [-0.3, -0.25) is 0 Å². The van der Waals surface area contributed by atoms with E-state index in [0.29, 0.717) is 6.04 Å². The monoisotopic (exact) mass is 255 g/mol. The average molecular weight is 255 g/mol. The summed E-state index contributed by atoms with van der Waals surface area (Å²) in [6.45, 7) is 0. The molecule has 1 N–H and O–H groups in total. The minimum atomic E-state index is 0.573. The maximum atomic E-state index is 5.40. The maximum Gasteiger partial charge on any atom is 0.103 e. The van der Waals surface area contributed by atoms with Crippen molar-refractivity contribution in [2.75, 3.05) is 7.05 Å². The van der Waals surface area contributed by atoms with Crippen LogP contribution in [-0.2, 0) is 12.8 Å². The molecule has 0 amide bonds. The zero-order valence-electron chi connectivity index (χ0n) is 11.4. The zero-order chi connectivity index (χ0) is 13.1. The molecule has 0 radical (unpaired) electrons. The van der Waals surface area contributed by atoms with Crippen molar-refractivity contribution in [1.29, 1.82) is 0 Å². The van der Waals surface area contributed by atoms with E-state index in [9.17, 15) is 0 Å². The van der Waals surface area contributed by atoms with Gasteiger partial charge in [0.1, 0.15) is 5.76 Å². The van der Waals surface area contributed by atoms with Gasteiger partial charge in [-0.25, -0.2) is 0 Å². The molecule has 1 aliphatic rings. The number of benzene rings is 1. The Morgan fingerprint density at radius 1 is 1.26 bits per heavy atom. The molecular weight excluding hydrogens is 234 g/mol. The lowest BCUT2D eigenvalue weighted by molar-refractivity contribution is 0.404. The summed E-state index contributed by atoms with van der Waals surface area (Å²) in [4.78, 5) is 0. The van der Waals surface area contributed by atoms with Crippen LogP contribution >= 0.6 is 0 Å². The lowest BCUT2D eigenvalue weighted by Gasteiger charge is -2.33. The number of rotatable bonds is 6. The Kier molecular flexibility index (Phi) is 3.69. The van der Waals surface area contributed by atoms with Crippen molar-refractivity contribution in [3.63, 3.8) is 0 Å². The van der Waals surface area contributed by atoms with Crippen molar-refractivity contribution in [3.8, 4) is 0 Å². The van der Waals surface area contributed by atoms with Crippen LogP contribution in [0.4, 0.5) is 0 Å². The molecule has 1 aromatic heterocycles. The predicted octanol–water partition coefficient (Wildman–Crippen LogP) is 3.53. The first-order valence-electron chi connectivity index (χ1n) is 7.14. The molecule has 0 aliphatic heterocycles. The van der Waals surface area contributed by atoms with E-state index in [-0.39, 0.29) is 0 Å². The molecule has 0 spiro atoms. The van der Waals surface area contributed by atoms with Gasteiger partial charge in [0, 0.05) is 12.5 Å². The Hall–Kier alpha value is -1.54. The molecule has 19 heavy (non-hydrogen) atoms. The second-order valence-electron chi connectivity index (χ2n) is 5.44. The molecule has 1 aromatic carbocycles. The van der Waals surface area contributed by atoms with E-state index in [4.69, 9.17) is 4.42 Å². The Bertz CT molecular complexity index is 518. The van der Waals surface area contributed by atoms with E-state index in [1.807, 2.05) is 6.07 Å². The summed E-state index contributed by atoms with van der Waals surface area (Å²) in [7, 11) is 2.07. The maximum absolute atomic E-state index is 5.40. The van der Waals surface area contributed by atoms with Gasteiger partial charge in [-0.1, -0.05) is 24.3 Å². The lowest BCUT2D eigenvalue weighted by atomic mass is 9.74. The molecule has 2 unspecified atom stereocenters. The van der Waals surface area contributed by atoms with E-state index >= 15 is 0 Å². The standard InChI is InChI=1S/C17H21NO/c1-18-15(8-9-16-6-4-10-19-16)12-14-11-13-5-2-3-7-17(13)14/h2-7,10,14-15,18H,8-9,11-12H2,1H3. The highest BCUT2D eigenvalue weighted by atomic mass is 16.3. The number of fused-ring (bicyclic) bond motifs is 1. The Balaban J connectivity index is 1.54. The Morgan fingerprint density at radius 3 is 2.89 bits per heavy atom. The van der Waals surface area contributed by atoms with Crippen LogP contribution in [-0.4, -0.2) is 13.1 Å². The fraction of sp³-hybridized carbons (Fsp3) is 0.412. The number of hydrogen-bond donors (Lipinski definition) is 1. The molecule has 0 bridgehead atoms. The van der Waals surface area contributed by atoms with E-state index in [1.165, 1.54) is 18.4 Å². The van der Waals surface area contributed by atoms with Gasteiger partial charge < -0.3 is 9.73 Å². The third-order valence-corrected chi connectivity index (χ3v) is 4.26. The van der Waals surface area contributed by atoms with Gasteiger partial charge in [-0.2, -0.15) is 0 Å². The van der Waals surface area contributed by atoms with Crippen LogP contribution in [0.25, 0.3) is 0 Å². The summed E-state index contributed by atoms with van der Waals surface area (Å²) in [5.41, 5.74) is 3.09. The van der Waals surface area contributed by atoms with Crippen LogP contribution in [0, 0.1) is 0 Å². The molecule has 2 heteroatoms. The quantitative estimate of drug-likeness (QED) is 0.854. The Morgan fingerprint density at radius 2 is 2.16 bits per heavy atom. The smallest absolute Gasteiger partial charge is 0.103 e. The molecule has 1 heterocycles. The van der Waals surface area contributed by atoms with Crippen LogP contribution in [0.1, 0.15) is 35.6 Å². The number of furan rings is 1. The average Bonchev–Trinajstić information content (AvgIpc) is 2.92. The first kappa shape index (κ1) is 12.5. The van der Waals surface area contributed by atoms with Crippen molar-refractivity contribution >= 4 is 0 Å². The summed E-state index contributed by atoms with van der Waals surface area (Å²) in [5.74, 6) is 1.83. The van der Waals surface area contributed by atoms with Crippen LogP contribution in [0.2, 0.25) is 0 Å². The fourth-order valence-electron chi connectivity index (χ4n) is 3.07. The summed E-state index contributed by atoms with van der Waals surface area (Å²) < 4.78 is 5.40. The van der Waals surface area contributed by atoms with Crippen molar-refractivity contribution in [2.24, 2.45) is 0 Å². The van der Waals surface area contributed by atoms with Crippen LogP contribution in [0.5, 0.6) is 0 Å². The Labute approximate surface area is 114 Å². The van der Waals surface area contributed by atoms with Gasteiger partial charge >= 0.3 is 0 Å². The molecule has 100 valence electrons. The second kappa shape index (κ2) is 5.62. The van der Waals surface area contributed by atoms with Crippen LogP contribution in [0.15, 0.2) is 47.1 Å². The third kappa shape index (κ3) is 2.74. The van der Waals surface area contributed by atoms with Gasteiger partial charge in [0.2, 0.25) is 0 Å². The van der Waals surface area contributed by atoms with E-state index in [0.717, 1.165) is 24.5 Å². The summed E-state index contributed by atoms with van der Waals surface area (Å²) in [6.07, 6.45) is 6.39. The minimum absolute atomic E-state index is 0.573. The lowest BCUT2D eigenvalue weighted by Crippen LogP contribution is -2.31. The van der Waals surface area contributed by atoms with Crippen LogP contribution in [0.3, 0.4) is 0 Å². The largest absolute Gasteiger partial charge is 0.469 e. The van der Waals surface area contributed by atoms with Crippen molar-refractivity contribution < 1.29 is 4.42 Å². The summed E-state index contributed by atoms with van der Waals surface area (Å²) >= 11 is 0. The topological polar surface area (TPSA) is 25.2 Å². The van der Waals surface area contributed by atoms with E-state index < -0.39 is 0 Å². The zero-order valence-corrected chi connectivity index (χ0v) is 11.4. The fourth-order valence-corrected chi connectivity index (χ4v) is 3.07. The van der Waals surface area contributed by atoms with Gasteiger partial charge in [0.25, 0.3) is 0 Å². The van der Waals surface area contributed by atoms with E-state index in [2.05, 4.69) is 42.7 Å². The molecule has 2 nitrogen and oxygen atoms in total. The molecule has 0 saturated carbocycles. The normalized spacial score (nSPS) is 18.7. The highest BCUT2D eigenvalue weighted by Gasteiger charge is 2.27. The van der Waals surface area contributed by atoms with Crippen molar-refractivity contribution in [1.82, 2.24) is 5.32 Å². The van der Waals surface area contributed by atoms with Gasteiger partial charge in [0.15, 0.2) is 0 Å². The predicted molar refractivity (Wildman–Crippen MR) is 77.4 cm³/mol. The minimum Gasteiger partial charge on any atom is -0.469 e. The first-order chi connectivity index (χ1) is 9.36. The molecule has 2 aromatic rings. The molecule has 3 rings (SSSR count).